The van der Waals surface area contributed by atoms with Crippen molar-refractivity contribution in [3.8, 4) is 0 Å². The topological polar surface area (TPSA) is 64.0 Å². The summed E-state index contributed by atoms with van der Waals surface area (Å²) < 4.78 is 1.35. The van der Waals surface area contributed by atoms with Crippen LogP contribution >= 0.6 is 23.2 Å². The van der Waals surface area contributed by atoms with Crippen LogP contribution in [0, 0.1) is 0 Å². The summed E-state index contributed by atoms with van der Waals surface area (Å²) in [5.41, 5.74) is 0.209. The Labute approximate surface area is 131 Å². The molecular weight excluding hydrogens is 313 g/mol. The number of rotatable bonds is 5. The van der Waals surface area contributed by atoms with Crippen LogP contribution in [0.2, 0.25) is 10.0 Å². The Morgan fingerprint density at radius 2 is 2.10 bits per heavy atom. The SMILES string of the molecule is O=C(NCCCn1ncccc1=O)c1ccc(Cl)cc1Cl. The second kappa shape index (κ2) is 7.24. The minimum Gasteiger partial charge on any atom is -0.352 e. The van der Waals surface area contributed by atoms with Gasteiger partial charge in [0.25, 0.3) is 11.5 Å². The second-order valence-electron chi connectivity index (χ2n) is 4.32. The summed E-state index contributed by atoms with van der Waals surface area (Å²) in [5, 5.41) is 7.46. The average molecular weight is 326 g/mol. The molecule has 7 heteroatoms. The molecule has 2 aromatic rings. The number of halogens is 2. The quantitative estimate of drug-likeness (QED) is 0.858. The first-order valence-corrected chi connectivity index (χ1v) is 7.09. The summed E-state index contributed by atoms with van der Waals surface area (Å²) >= 11 is 11.7. The van der Waals surface area contributed by atoms with Crippen LogP contribution in [-0.2, 0) is 6.54 Å². The zero-order valence-electron chi connectivity index (χ0n) is 11.1. The maximum atomic E-state index is 11.9. The summed E-state index contributed by atoms with van der Waals surface area (Å²) in [6.45, 7) is 0.856. The maximum absolute atomic E-state index is 11.9. The van der Waals surface area contributed by atoms with Crippen molar-refractivity contribution in [3.63, 3.8) is 0 Å². The first-order valence-electron chi connectivity index (χ1n) is 6.33. The van der Waals surface area contributed by atoms with Gasteiger partial charge < -0.3 is 5.32 Å². The third kappa shape index (κ3) is 4.31. The molecular formula is C14H13Cl2N3O2. The van der Waals surface area contributed by atoms with E-state index < -0.39 is 0 Å². The number of aryl methyl sites for hydroxylation is 1. The first kappa shape index (κ1) is 15.5. The summed E-state index contributed by atoms with van der Waals surface area (Å²) in [5.74, 6) is -0.273. The first-order chi connectivity index (χ1) is 10.1. The van der Waals surface area contributed by atoms with Gasteiger partial charge in [0.1, 0.15) is 0 Å². The highest BCUT2D eigenvalue weighted by atomic mass is 35.5. The number of carbonyl (C=O) groups is 1. The highest BCUT2D eigenvalue weighted by molar-refractivity contribution is 6.36. The van der Waals surface area contributed by atoms with Crippen molar-refractivity contribution in [1.82, 2.24) is 15.1 Å². The number of benzene rings is 1. The van der Waals surface area contributed by atoms with Crippen molar-refractivity contribution in [3.05, 3.63) is 62.5 Å². The van der Waals surface area contributed by atoms with Gasteiger partial charge in [0.15, 0.2) is 0 Å². The van der Waals surface area contributed by atoms with E-state index in [1.54, 1.807) is 24.4 Å². The molecule has 0 saturated heterocycles. The lowest BCUT2D eigenvalue weighted by atomic mass is 10.2. The van der Waals surface area contributed by atoms with Crippen molar-refractivity contribution in [1.29, 1.82) is 0 Å². The number of carbonyl (C=O) groups excluding carboxylic acids is 1. The molecule has 0 atom stereocenters. The fraction of sp³-hybridized carbons (Fsp3) is 0.214. The van der Waals surface area contributed by atoms with Gasteiger partial charge in [-0.3, -0.25) is 9.59 Å². The summed E-state index contributed by atoms with van der Waals surface area (Å²) in [6, 6.07) is 7.73. The fourth-order valence-corrected chi connectivity index (χ4v) is 2.25. The minimum atomic E-state index is -0.273. The Morgan fingerprint density at radius 1 is 1.29 bits per heavy atom. The molecule has 0 aliphatic heterocycles. The molecule has 1 amide bonds. The van der Waals surface area contributed by atoms with E-state index in [1.807, 2.05) is 0 Å². The number of nitrogens with one attached hydrogen (secondary N) is 1. The number of hydrogen-bond acceptors (Lipinski definition) is 3. The Morgan fingerprint density at radius 3 is 2.81 bits per heavy atom. The number of amides is 1. The third-order valence-corrected chi connectivity index (χ3v) is 3.34. The number of nitrogens with zero attached hydrogens (tertiary/aromatic N) is 2. The highest BCUT2D eigenvalue weighted by Gasteiger charge is 2.09. The van der Waals surface area contributed by atoms with Gasteiger partial charge in [-0.25, -0.2) is 4.68 Å². The monoisotopic (exact) mass is 325 g/mol. The van der Waals surface area contributed by atoms with E-state index in [-0.39, 0.29) is 11.5 Å². The van der Waals surface area contributed by atoms with Gasteiger partial charge in [0.2, 0.25) is 0 Å². The van der Waals surface area contributed by atoms with E-state index in [0.717, 1.165) is 0 Å². The largest absolute Gasteiger partial charge is 0.352 e. The zero-order chi connectivity index (χ0) is 15.2. The Hall–Kier alpha value is -1.85. The lowest BCUT2D eigenvalue weighted by Crippen LogP contribution is -2.27. The van der Waals surface area contributed by atoms with Gasteiger partial charge >= 0.3 is 0 Å². The molecule has 0 unspecified atom stereocenters. The molecule has 0 aliphatic rings. The van der Waals surface area contributed by atoms with Crippen LogP contribution in [0.25, 0.3) is 0 Å². The lowest BCUT2D eigenvalue weighted by Gasteiger charge is -2.07. The van der Waals surface area contributed by atoms with Crippen LogP contribution in [-0.4, -0.2) is 22.2 Å². The Balaban J connectivity index is 1.85. The standard InChI is InChI=1S/C14H13Cl2N3O2/c15-10-4-5-11(12(16)9-10)14(21)17-6-2-8-19-13(20)3-1-7-18-19/h1,3-5,7,9H,2,6,8H2,(H,17,21). The van der Waals surface area contributed by atoms with Gasteiger partial charge in [0.05, 0.1) is 10.6 Å². The molecule has 2 rings (SSSR count). The van der Waals surface area contributed by atoms with Crippen LogP contribution < -0.4 is 10.9 Å². The summed E-state index contributed by atoms with van der Waals surface area (Å²) in [7, 11) is 0. The summed E-state index contributed by atoms with van der Waals surface area (Å²) in [4.78, 5) is 23.4. The maximum Gasteiger partial charge on any atom is 0.266 e. The van der Waals surface area contributed by atoms with E-state index in [9.17, 15) is 9.59 Å². The molecule has 0 spiro atoms. The Kier molecular flexibility index (Phi) is 5.36. The van der Waals surface area contributed by atoms with Crippen molar-refractivity contribution in [2.45, 2.75) is 13.0 Å². The molecule has 110 valence electrons. The van der Waals surface area contributed by atoms with Crippen molar-refractivity contribution in [2.24, 2.45) is 0 Å². The number of aromatic nitrogens is 2. The van der Waals surface area contributed by atoms with Gasteiger partial charge in [-0.05, 0) is 30.7 Å². The van der Waals surface area contributed by atoms with Gasteiger partial charge in [-0.15, -0.1) is 0 Å². The molecule has 1 aromatic heterocycles. The van der Waals surface area contributed by atoms with Crippen molar-refractivity contribution >= 4 is 29.1 Å². The number of hydrogen-bond donors (Lipinski definition) is 1. The van der Waals surface area contributed by atoms with E-state index in [4.69, 9.17) is 23.2 Å². The third-order valence-electron chi connectivity index (χ3n) is 2.79. The molecule has 1 aromatic carbocycles. The molecule has 0 saturated carbocycles. The molecule has 21 heavy (non-hydrogen) atoms. The second-order valence-corrected chi connectivity index (χ2v) is 5.16. The van der Waals surface area contributed by atoms with Crippen LogP contribution in [0.5, 0.6) is 0 Å². The smallest absolute Gasteiger partial charge is 0.266 e. The zero-order valence-corrected chi connectivity index (χ0v) is 12.6. The van der Waals surface area contributed by atoms with E-state index in [1.165, 1.54) is 16.8 Å². The van der Waals surface area contributed by atoms with E-state index >= 15 is 0 Å². The van der Waals surface area contributed by atoms with Crippen molar-refractivity contribution in [2.75, 3.05) is 6.54 Å². The van der Waals surface area contributed by atoms with E-state index in [2.05, 4.69) is 10.4 Å². The Bertz CT molecular complexity index is 701. The predicted octanol–water partition coefficient (Wildman–Crippen LogP) is 2.37. The summed E-state index contributed by atoms with van der Waals surface area (Å²) in [6.07, 6.45) is 2.14. The normalized spacial score (nSPS) is 10.4. The van der Waals surface area contributed by atoms with Gasteiger partial charge in [-0.2, -0.15) is 5.10 Å². The van der Waals surface area contributed by atoms with Crippen molar-refractivity contribution < 1.29 is 4.79 Å². The van der Waals surface area contributed by atoms with Gasteiger partial charge in [-0.1, -0.05) is 23.2 Å². The molecule has 0 bridgehead atoms. The lowest BCUT2D eigenvalue weighted by molar-refractivity contribution is 0.0952. The molecule has 5 nitrogen and oxygen atoms in total. The van der Waals surface area contributed by atoms with Crippen LogP contribution in [0.1, 0.15) is 16.8 Å². The predicted molar refractivity (Wildman–Crippen MR) is 81.9 cm³/mol. The minimum absolute atomic E-state index is 0.162. The molecule has 0 radical (unpaired) electrons. The van der Waals surface area contributed by atoms with Crippen LogP contribution in [0.15, 0.2) is 41.3 Å². The molecule has 0 aliphatic carbocycles. The molecule has 0 fully saturated rings. The average Bonchev–Trinajstić information content (AvgIpc) is 2.45. The van der Waals surface area contributed by atoms with Crippen LogP contribution in [0.3, 0.4) is 0 Å². The van der Waals surface area contributed by atoms with E-state index in [0.29, 0.717) is 35.1 Å². The van der Waals surface area contributed by atoms with Crippen LogP contribution in [0.4, 0.5) is 0 Å². The fourth-order valence-electron chi connectivity index (χ4n) is 1.75. The molecule has 1 N–H and O–H groups in total. The highest BCUT2D eigenvalue weighted by Crippen LogP contribution is 2.20. The molecule has 1 heterocycles. The van der Waals surface area contributed by atoms with Gasteiger partial charge in [0, 0.05) is 30.4 Å².